The van der Waals surface area contributed by atoms with Crippen molar-refractivity contribution in [2.45, 2.75) is 20.3 Å². The minimum Gasteiger partial charge on any atom is -0.504 e. The topological polar surface area (TPSA) is 60.8 Å². The van der Waals surface area contributed by atoms with Crippen LogP contribution >= 0.6 is 0 Å². The Labute approximate surface area is 107 Å². The van der Waals surface area contributed by atoms with Crippen LogP contribution in [0.25, 0.3) is 0 Å². The first-order valence-corrected chi connectivity index (χ1v) is 6.31. The van der Waals surface area contributed by atoms with Crippen LogP contribution in [0.1, 0.15) is 30.6 Å². The fourth-order valence-electron chi connectivity index (χ4n) is 2.32. The average molecular weight is 249 g/mol. The Morgan fingerprint density at radius 1 is 1.28 bits per heavy atom. The fourth-order valence-corrected chi connectivity index (χ4v) is 2.32. The van der Waals surface area contributed by atoms with Crippen molar-refractivity contribution in [3.05, 3.63) is 23.8 Å². The number of para-hydroxylation sites is 1. The molecule has 18 heavy (non-hydrogen) atoms. The third-order valence-corrected chi connectivity index (χ3v) is 3.87. The summed E-state index contributed by atoms with van der Waals surface area (Å²) in [5.74, 6) is 0.296. The summed E-state index contributed by atoms with van der Waals surface area (Å²) in [4.78, 5) is 14.0. The maximum absolute atomic E-state index is 12.3. The van der Waals surface area contributed by atoms with Gasteiger partial charge in [0.2, 0.25) is 0 Å². The molecule has 1 aromatic carbocycles. The van der Waals surface area contributed by atoms with Crippen LogP contribution in [0, 0.1) is 11.8 Å². The second-order valence-electron chi connectivity index (χ2n) is 5.17. The number of likely N-dealkylation sites (tertiary alicyclic amines) is 1. The molecule has 0 aliphatic carbocycles. The maximum Gasteiger partial charge on any atom is 0.257 e. The van der Waals surface area contributed by atoms with Crippen LogP contribution in [-0.2, 0) is 0 Å². The van der Waals surface area contributed by atoms with Gasteiger partial charge < -0.3 is 15.1 Å². The maximum atomic E-state index is 12.3. The molecule has 2 atom stereocenters. The molecule has 0 aromatic heterocycles. The van der Waals surface area contributed by atoms with E-state index in [2.05, 4.69) is 13.8 Å². The highest BCUT2D eigenvalue weighted by atomic mass is 16.3. The number of piperidine rings is 1. The average Bonchev–Trinajstić information content (AvgIpc) is 2.35. The molecule has 0 bridgehead atoms. The van der Waals surface area contributed by atoms with Crippen LogP contribution < -0.4 is 0 Å². The number of rotatable bonds is 1. The molecule has 1 saturated heterocycles. The van der Waals surface area contributed by atoms with Gasteiger partial charge in [0.25, 0.3) is 5.91 Å². The molecule has 0 spiro atoms. The number of hydrogen-bond donors (Lipinski definition) is 2. The van der Waals surface area contributed by atoms with Gasteiger partial charge in [-0.25, -0.2) is 0 Å². The third kappa shape index (κ3) is 2.28. The number of benzene rings is 1. The van der Waals surface area contributed by atoms with Crippen molar-refractivity contribution in [3.63, 3.8) is 0 Å². The van der Waals surface area contributed by atoms with Crippen LogP contribution in [0.5, 0.6) is 11.5 Å². The van der Waals surface area contributed by atoms with E-state index >= 15 is 0 Å². The van der Waals surface area contributed by atoms with Crippen molar-refractivity contribution < 1.29 is 15.0 Å². The van der Waals surface area contributed by atoms with Crippen molar-refractivity contribution in [2.24, 2.45) is 11.8 Å². The highest BCUT2D eigenvalue weighted by Crippen LogP contribution is 2.31. The number of phenols is 2. The van der Waals surface area contributed by atoms with Gasteiger partial charge in [-0.1, -0.05) is 19.9 Å². The Balaban J connectivity index is 2.19. The first-order valence-electron chi connectivity index (χ1n) is 6.31. The monoisotopic (exact) mass is 249 g/mol. The zero-order chi connectivity index (χ0) is 13.3. The van der Waals surface area contributed by atoms with Gasteiger partial charge in [0.05, 0.1) is 5.56 Å². The quantitative estimate of drug-likeness (QED) is 0.750. The van der Waals surface area contributed by atoms with Gasteiger partial charge in [0.15, 0.2) is 11.5 Å². The molecule has 1 aromatic rings. The van der Waals surface area contributed by atoms with Gasteiger partial charge in [-0.3, -0.25) is 4.79 Å². The lowest BCUT2D eigenvalue weighted by Gasteiger charge is -2.35. The standard InChI is InChI=1S/C14H19NO3/c1-9-6-7-15(8-10(9)2)14(18)11-4-3-5-12(16)13(11)17/h3-5,9-10,16-17H,6-8H2,1-2H3. The summed E-state index contributed by atoms with van der Waals surface area (Å²) in [6, 6.07) is 4.48. The molecule has 2 unspecified atom stereocenters. The number of phenolic OH excluding ortho intramolecular Hbond substituents is 2. The minimum atomic E-state index is -0.325. The van der Waals surface area contributed by atoms with Crippen LogP contribution in [0.15, 0.2) is 18.2 Å². The summed E-state index contributed by atoms with van der Waals surface area (Å²) in [7, 11) is 0. The molecule has 98 valence electrons. The molecule has 2 N–H and O–H groups in total. The van der Waals surface area contributed by atoms with E-state index in [4.69, 9.17) is 0 Å². The molecule has 1 amide bonds. The molecule has 1 aliphatic heterocycles. The lowest BCUT2D eigenvalue weighted by atomic mass is 9.88. The zero-order valence-corrected chi connectivity index (χ0v) is 10.8. The highest BCUT2D eigenvalue weighted by Gasteiger charge is 2.28. The summed E-state index contributed by atoms with van der Waals surface area (Å²) in [5, 5.41) is 19.1. The van der Waals surface area contributed by atoms with Crippen molar-refractivity contribution in [1.82, 2.24) is 4.90 Å². The highest BCUT2D eigenvalue weighted by molar-refractivity contribution is 5.97. The van der Waals surface area contributed by atoms with Crippen molar-refractivity contribution in [1.29, 1.82) is 0 Å². The molecule has 1 aliphatic rings. The van der Waals surface area contributed by atoms with Crippen molar-refractivity contribution in [2.75, 3.05) is 13.1 Å². The lowest BCUT2D eigenvalue weighted by molar-refractivity contribution is 0.0624. The molecular formula is C14H19NO3. The zero-order valence-electron chi connectivity index (χ0n) is 10.8. The van der Waals surface area contributed by atoms with Gasteiger partial charge in [-0.2, -0.15) is 0 Å². The number of nitrogens with zero attached hydrogens (tertiary/aromatic N) is 1. The first kappa shape index (κ1) is 12.7. The number of hydrogen-bond acceptors (Lipinski definition) is 3. The van der Waals surface area contributed by atoms with Crippen molar-refractivity contribution in [3.8, 4) is 11.5 Å². The molecule has 2 rings (SSSR count). The predicted octanol–water partition coefficient (Wildman–Crippen LogP) is 2.22. The van der Waals surface area contributed by atoms with Gasteiger partial charge in [-0.05, 0) is 30.4 Å². The SMILES string of the molecule is CC1CCN(C(=O)c2cccc(O)c2O)CC1C. The van der Waals surface area contributed by atoms with Gasteiger partial charge in [0, 0.05) is 13.1 Å². The van der Waals surface area contributed by atoms with E-state index in [1.165, 1.54) is 6.07 Å². The summed E-state index contributed by atoms with van der Waals surface area (Å²) >= 11 is 0. The van der Waals surface area contributed by atoms with Gasteiger partial charge in [-0.15, -0.1) is 0 Å². The number of amides is 1. The lowest BCUT2D eigenvalue weighted by Crippen LogP contribution is -2.42. The normalized spacial score (nSPS) is 24.0. The molecule has 4 nitrogen and oxygen atoms in total. The summed E-state index contributed by atoms with van der Waals surface area (Å²) in [6.45, 7) is 5.74. The number of carbonyl (C=O) groups is 1. The van der Waals surface area contributed by atoms with Crippen LogP contribution in [0.4, 0.5) is 0 Å². The molecule has 0 saturated carbocycles. The largest absolute Gasteiger partial charge is 0.504 e. The van der Waals surface area contributed by atoms with E-state index in [0.29, 0.717) is 24.9 Å². The Hall–Kier alpha value is -1.71. The Kier molecular flexibility index (Phi) is 3.45. The molecule has 0 radical (unpaired) electrons. The second kappa shape index (κ2) is 4.88. The van der Waals surface area contributed by atoms with E-state index in [1.54, 1.807) is 17.0 Å². The summed E-state index contributed by atoms with van der Waals surface area (Å²) < 4.78 is 0. The van der Waals surface area contributed by atoms with Crippen LogP contribution in [-0.4, -0.2) is 34.1 Å². The Morgan fingerprint density at radius 3 is 2.67 bits per heavy atom. The van der Waals surface area contributed by atoms with E-state index in [0.717, 1.165) is 6.42 Å². The van der Waals surface area contributed by atoms with Gasteiger partial charge >= 0.3 is 0 Å². The van der Waals surface area contributed by atoms with Gasteiger partial charge in [0.1, 0.15) is 0 Å². The van der Waals surface area contributed by atoms with E-state index in [9.17, 15) is 15.0 Å². The van der Waals surface area contributed by atoms with Crippen molar-refractivity contribution >= 4 is 5.91 Å². The summed E-state index contributed by atoms with van der Waals surface area (Å²) in [6.07, 6.45) is 0.979. The van der Waals surface area contributed by atoms with Crippen LogP contribution in [0.3, 0.4) is 0 Å². The molecule has 1 fully saturated rings. The fraction of sp³-hybridized carbons (Fsp3) is 0.500. The summed E-state index contributed by atoms with van der Waals surface area (Å²) in [5.41, 5.74) is 0.178. The third-order valence-electron chi connectivity index (χ3n) is 3.87. The van der Waals surface area contributed by atoms with E-state index in [1.807, 2.05) is 0 Å². The van der Waals surface area contributed by atoms with Crippen LogP contribution in [0.2, 0.25) is 0 Å². The Bertz CT molecular complexity index is 458. The minimum absolute atomic E-state index is 0.178. The Morgan fingerprint density at radius 2 is 2.00 bits per heavy atom. The first-order chi connectivity index (χ1) is 8.50. The van der Waals surface area contributed by atoms with E-state index < -0.39 is 0 Å². The number of carbonyl (C=O) groups excluding carboxylic acids is 1. The second-order valence-corrected chi connectivity index (χ2v) is 5.17. The predicted molar refractivity (Wildman–Crippen MR) is 68.6 cm³/mol. The number of aromatic hydroxyl groups is 2. The smallest absolute Gasteiger partial charge is 0.257 e. The molecule has 4 heteroatoms. The van der Waals surface area contributed by atoms with E-state index in [-0.39, 0.29) is 23.0 Å². The molecular weight excluding hydrogens is 230 g/mol. The molecule has 1 heterocycles.